The number of carboxylic acid groups (broad SMARTS) is 1. The Bertz CT molecular complexity index is 99.6. The Kier molecular flexibility index (Phi) is 8.66. The van der Waals surface area contributed by atoms with Crippen LogP contribution in [0.15, 0.2) is 0 Å². The van der Waals surface area contributed by atoms with Gasteiger partial charge in [0, 0.05) is 0 Å². The fourth-order valence-electron chi connectivity index (χ4n) is 0.423. The molecule has 2 unspecified atom stereocenters. The number of carbonyl (C=O) groups is 1. The van der Waals surface area contributed by atoms with E-state index in [4.69, 9.17) is 10.8 Å². The molecule has 4 nitrogen and oxygen atoms in total. The average Bonchev–Trinajstić information content (AvgIpc) is 1.82. The van der Waals surface area contributed by atoms with E-state index in [1.165, 1.54) is 0 Å². The molecule has 0 spiro atoms. The second-order valence-electron chi connectivity index (χ2n) is 1.84. The quantitative estimate of drug-likeness (QED) is 0.521. The number of hydrogen-bond donors (Lipinski definition) is 3. The van der Waals surface area contributed by atoms with Crippen LogP contribution in [0.4, 0.5) is 0 Å². The maximum Gasteiger partial charge on any atom is 0.320 e. The maximum atomic E-state index is 10.1. The number of hydrogen-bond acceptors (Lipinski definition) is 3. The summed E-state index contributed by atoms with van der Waals surface area (Å²) in [6.45, 7) is 2.04. The summed E-state index contributed by atoms with van der Waals surface area (Å²) in [5, 5.41) is 8.29. The standard InChI is InChI=1S/C5H12NO2P.H3N/c1-9-3-2-4(6)5(7)8;/h4,9H,2-3,6H2,1H3,(H,7,8);1H3. The fourth-order valence-corrected chi connectivity index (χ4v) is 1.02. The minimum atomic E-state index is -0.895. The van der Waals surface area contributed by atoms with E-state index in [0.717, 1.165) is 14.7 Å². The zero-order valence-corrected chi connectivity index (χ0v) is 7.13. The second-order valence-corrected chi connectivity index (χ2v) is 3.04. The summed E-state index contributed by atoms with van der Waals surface area (Å²) in [6, 6.07) is -0.655. The van der Waals surface area contributed by atoms with E-state index in [1.54, 1.807) is 0 Å². The molecule has 0 rings (SSSR count). The number of carboxylic acids is 1. The lowest BCUT2D eigenvalue weighted by Gasteiger charge is -2.02. The molecule has 0 radical (unpaired) electrons. The molecule has 0 saturated heterocycles. The molecule has 0 amide bonds. The Morgan fingerprint density at radius 2 is 2.30 bits per heavy atom. The zero-order chi connectivity index (χ0) is 7.28. The molecule has 6 N–H and O–H groups in total. The molecule has 0 aromatic heterocycles. The van der Waals surface area contributed by atoms with Gasteiger partial charge in [0.1, 0.15) is 6.04 Å². The lowest BCUT2D eigenvalue weighted by atomic mass is 10.2. The molecule has 0 aliphatic rings. The van der Waals surface area contributed by atoms with Crippen LogP contribution in [0.25, 0.3) is 0 Å². The SMILES string of the molecule is CPCCC(N)C(=O)O.N. The molecule has 0 bridgehead atoms. The summed E-state index contributed by atoms with van der Waals surface area (Å²) in [6.07, 6.45) is 1.53. The largest absolute Gasteiger partial charge is 0.480 e. The molecule has 10 heavy (non-hydrogen) atoms. The van der Waals surface area contributed by atoms with E-state index in [0.29, 0.717) is 6.42 Å². The van der Waals surface area contributed by atoms with E-state index < -0.39 is 12.0 Å². The molecular weight excluding hydrogens is 151 g/mol. The van der Waals surface area contributed by atoms with Gasteiger partial charge in [-0.2, -0.15) is 0 Å². The molecule has 0 heterocycles. The van der Waals surface area contributed by atoms with E-state index in [1.807, 2.05) is 6.66 Å². The van der Waals surface area contributed by atoms with E-state index >= 15 is 0 Å². The van der Waals surface area contributed by atoms with Gasteiger partial charge in [-0.05, 0) is 19.2 Å². The number of rotatable bonds is 4. The van der Waals surface area contributed by atoms with Crippen LogP contribution < -0.4 is 11.9 Å². The van der Waals surface area contributed by atoms with Crippen molar-refractivity contribution in [2.24, 2.45) is 5.73 Å². The normalized spacial score (nSPS) is 13.0. The molecule has 0 aliphatic heterocycles. The Hall–Kier alpha value is -0.180. The van der Waals surface area contributed by atoms with Crippen molar-refractivity contribution >= 4 is 14.6 Å². The summed E-state index contributed by atoms with van der Waals surface area (Å²) in [5.74, 6) is -0.895. The first kappa shape index (κ1) is 12.5. The molecule has 0 fully saturated rings. The lowest BCUT2D eigenvalue weighted by Crippen LogP contribution is -2.30. The minimum Gasteiger partial charge on any atom is -0.480 e. The molecular formula is C5H15N2O2P. The summed E-state index contributed by atoms with van der Waals surface area (Å²) >= 11 is 0. The van der Waals surface area contributed by atoms with Gasteiger partial charge in [-0.15, -0.1) is 8.58 Å². The van der Waals surface area contributed by atoms with Crippen molar-refractivity contribution < 1.29 is 9.90 Å². The summed E-state index contributed by atoms with van der Waals surface area (Å²) < 4.78 is 0. The molecule has 0 aromatic carbocycles. The number of aliphatic carboxylic acids is 1. The van der Waals surface area contributed by atoms with Gasteiger partial charge >= 0.3 is 5.97 Å². The van der Waals surface area contributed by atoms with Gasteiger partial charge in [0.25, 0.3) is 0 Å². The Labute approximate surface area is 62.5 Å². The van der Waals surface area contributed by atoms with Gasteiger partial charge in [-0.25, -0.2) is 0 Å². The lowest BCUT2D eigenvalue weighted by molar-refractivity contribution is -0.138. The van der Waals surface area contributed by atoms with Crippen LogP contribution in [0.5, 0.6) is 0 Å². The molecule has 62 valence electrons. The highest BCUT2D eigenvalue weighted by Gasteiger charge is 2.08. The highest BCUT2D eigenvalue weighted by atomic mass is 31.1. The molecule has 0 saturated carbocycles. The van der Waals surface area contributed by atoms with Gasteiger partial charge in [-0.3, -0.25) is 4.79 Å². The Morgan fingerprint density at radius 1 is 1.80 bits per heavy atom. The van der Waals surface area contributed by atoms with E-state index in [-0.39, 0.29) is 6.15 Å². The van der Waals surface area contributed by atoms with Gasteiger partial charge in [-0.1, -0.05) is 0 Å². The van der Waals surface area contributed by atoms with E-state index in [2.05, 4.69) is 0 Å². The predicted molar refractivity (Wildman–Crippen MR) is 44.4 cm³/mol. The first-order valence-electron chi connectivity index (χ1n) is 2.81. The van der Waals surface area contributed by atoms with Crippen LogP contribution in [0.3, 0.4) is 0 Å². The summed E-state index contributed by atoms with van der Waals surface area (Å²) in [5.41, 5.74) is 5.21. The monoisotopic (exact) mass is 166 g/mol. The second kappa shape index (κ2) is 6.93. The third kappa shape index (κ3) is 5.95. The van der Waals surface area contributed by atoms with Crippen LogP contribution in [-0.4, -0.2) is 29.9 Å². The van der Waals surface area contributed by atoms with E-state index in [9.17, 15) is 4.79 Å². The first-order valence-corrected chi connectivity index (χ1v) is 4.52. The van der Waals surface area contributed by atoms with Crippen molar-refractivity contribution in [2.45, 2.75) is 12.5 Å². The highest BCUT2D eigenvalue weighted by Crippen LogP contribution is 2.04. The van der Waals surface area contributed by atoms with Gasteiger partial charge in [0.15, 0.2) is 0 Å². The molecule has 5 heteroatoms. The zero-order valence-electron chi connectivity index (χ0n) is 6.13. The van der Waals surface area contributed by atoms with Crippen LogP contribution >= 0.6 is 8.58 Å². The Balaban J connectivity index is 0. The van der Waals surface area contributed by atoms with Crippen molar-refractivity contribution in [2.75, 3.05) is 12.8 Å². The maximum absolute atomic E-state index is 10.1. The van der Waals surface area contributed by atoms with Crippen molar-refractivity contribution in [3.63, 3.8) is 0 Å². The topological polar surface area (TPSA) is 98.3 Å². The van der Waals surface area contributed by atoms with Crippen molar-refractivity contribution in [1.29, 1.82) is 0 Å². The van der Waals surface area contributed by atoms with Crippen LogP contribution in [-0.2, 0) is 4.79 Å². The highest BCUT2D eigenvalue weighted by molar-refractivity contribution is 7.36. The molecule has 2 atom stereocenters. The van der Waals surface area contributed by atoms with Crippen LogP contribution in [0, 0.1) is 0 Å². The van der Waals surface area contributed by atoms with Crippen molar-refractivity contribution in [3.05, 3.63) is 0 Å². The van der Waals surface area contributed by atoms with Crippen LogP contribution in [0.1, 0.15) is 6.42 Å². The van der Waals surface area contributed by atoms with Gasteiger partial charge < -0.3 is 17.0 Å². The van der Waals surface area contributed by atoms with Gasteiger partial charge in [0.05, 0.1) is 0 Å². The van der Waals surface area contributed by atoms with Crippen molar-refractivity contribution in [3.8, 4) is 0 Å². The predicted octanol–water partition coefficient (Wildman–Crippen LogP) is 0.259. The Morgan fingerprint density at radius 3 is 2.60 bits per heavy atom. The molecule has 0 aromatic rings. The fraction of sp³-hybridized carbons (Fsp3) is 0.800. The first-order chi connectivity index (χ1) is 4.18. The molecule has 0 aliphatic carbocycles. The third-order valence-corrected chi connectivity index (χ3v) is 1.81. The van der Waals surface area contributed by atoms with Crippen LogP contribution in [0.2, 0.25) is 0 Å². The average molecular weight is 166 g/mol. The number of nitrogens with two attached hydrogens (primary N) is 1. The summed E-state index contributed by atoms with van der Waals surface area (Å²) in [7, 11) is 0.800. The summed E-state index contributed by atoms with van der Waals surface area (Å²) in [4.78, 5) is 10.1. The third-order valence-electron chi connectivity index (χ3n) is 1.02. The van der Waals surface area contributed by atoms with Crippen molar-refractivity contribution in [1.82, 2.24) is 6.15 Å². The smallest absolute Gasteiger partial charge is 0.320 e. The van der Waals surface area contributed by atoms with Gasteiger partial charge in [0.2, 0.25) is 0 Å². The minimum absolute atomic E-state index is 0.